The highest BCUT2D eigenvalue weighted by Crippen LogP contribution is 2.33. The monoisotopic (exact) mass is 232 g/mol. The molecule has 2 saturated heterocycles. The molecule has 0 spiro atoms. The van der Waals surface area contributed by atoms with Gasteiger partial charge in [-0.05, 0) is 31.9 Å². The zero-order valence-corrected chi connectivity index (χ0v) is 9.84. The van der Waals surface area contributed by atoms with Gasteiger partial charge < -0.3 is 5.11 Å². The number of anilines is 1. The highest BCUT2D eigenvalue weighted by molar-refractivity contribution is 5.97. The first kappa shape index (κ1) is 10.7. The topological polar surface area (TPSA) is 43.8 Å². The van der Waals surface area contributed by atoms with E-state index in [1.807, 2.05) is 41.0 Å². The Morgan fingerprint density at radius 3 is 2.65 bits per heavy atom. The molecule has 2 aliphatic rings. The minimum absolute atomic E-state index is 0.0419. The number of hydrogen-bond donors (Lipinski definition) is 1. The number of amides is 1. The summed E-state index contributed by atoms with van der Waals surface area (Å²) in [5.41, 5.74) is 2.12. The predicted octanol–water partition coefficient (Wildman–Crippen LogP) is 1.08. The van der Waals surface area contributed by atoms with Gasteiger partial charge in [0.25, 0.3) is 0 Å². The molecule has 0 saturated carbocycles. The maximum Gasteiger partial charge on any atom is 0.242 e. The second kappa shape index (κ2) is 3.82. The molecule has 0 bridgehead atoms. The normalized spacial score (nSPS) is 28.8. The van der Waals surface area contributed by atoms with Crippen molar-refractivity contribution < 1.29 is 9.90 Å². The van der Waals surface area contributed by atoms with Crippen LogP contribution in [0.2, 0.25) is 0 Å². The molecule has 1 aromatic rings. The van der Waals surface area contributed by atoms with Gasteiger partial charge in [-0.15, -0.1) is 0 Å². The van der Waals surface area contributed by atoms with Crippen LogP contribution in [0.25, 0.3) is 0 Å². The van der Waals surface area contributed by atoms with Gasteiger partial charge in [0.15, 0.2) is 0 Å². The van der Waals surface area contributed by atoms with Crippen LogP contribution >= 0.6 is 0 Å². The quantitative estimate of drug-likeness (QED) is 0.788. The van der Waals surface area contributed by atoms with E-state index in [1.165, 1.54) is 5.56 Å². The molecular formula is C13H16N2O2. The lowest BCUT2D eigenvalue weighted by molar-refractivity contribution is -0.117. The van der Waals surface area contributed by atoms with Gasteiger partial charge in [0.1, 0.15) is 6.23 Å². The van der Waals surface area contributed by atoms with Crippen molar-refractivity contribution >= 4 is 11.6 Å². The first-order valence-electron chi connectivity index (χ1n) is 5.99. The molecule has 2 heterocycles. The van der Waals surface area contributed by atoms with Crippen molar-refractivity contribution in [2.45, 2.75) is 32.2 Å². The van der Waals surface area contributed by atoms with Crippen molar-refractivity contribution in [3.63, 3.8) is 0 Å². The average molecular weight is 232 g/mol. The van der Waals surface area contributed by atoms with Gasteiger partial charge in [0, 0.05) is 5.69 Å². The van der Waals surface area contributed by atoms with Crippen molar-refractivity contribution in [3.05, 3.63) is 29.8 Å². The van der Waals surface area contributed by atoms with E-state index in [-0.39, 0.29) is 12.1 Å². The predicted molar refractivity (Wildman–Crippen MR) is 64.4 cm³/mol. The molecule has 0 aliphatic carbocycles. The Bertz CT molecular complexity index is 443. The summed E-state index contributed by atoms with van der Waals surface area (Å²) >= 11 is 0. The Hall–Kier alpha value is -1.39. The number of aliphatic hydroxyl groups is 1. The van der Waals surface area contributed by atoms with Crippen LogP contribution < -0.4 is 4.90 Å². The molecule has 90 valence electrons. The van der Waals surface area contributed by atoms with Gasteiger partial charge in [-0.3, -0.25) is 9.69 Å². The van der Waals surface area contributed by atoms with Gasteiger partial charge in [0.2, 0.25) is 5.91 Å². The lowest BCUT2D eigenvalue weighted by atomic mass is 10.2. The SMILES string of the molecule is Cc1ccc(N2C(=O)CN3C(O)CCC23)cc1. The van der Waals surface area contributed by atoms with Crippen LogP contribution in [0.1, 0.15) is 18.4 Å². The third-order valence-corrected chi connectivity index (χ3v) is 3.65. The number of rotatable bonds is 1. The van der Waals surface area contributed by atoms with Gasteiger partial charge >= 0.3 is 0 Å². The standard InChI is InChI=1S/C13H16N2O2/c1-9-2-4-10(5-3-9)15-11-6-7-12(16)14(11)8-13(15)17/h2-5,11-12,16H,6-8H2,1H3. The molecule has 1 N–H and O–H groups in total. The third-order valence-electron chi connectivity index (χ3n) is 3.65. The molecule has 2 atom stereocenters. The van der Waals surface area contributed by atoms with Gasteiger partial charge in [-0.2, -0.15) is 0 Å². The van der Waals surface area contributed by atoms with E-state index in [0.29, 0.717) is 6.54 Å². The highest BCUT2D eigenvalue weighted by Gasteiger charge is 2.45. The van der Waals surface area contributed by atoms with Crippen LogP contribution in [0.15, 0.2) is 24.3 Å². The Morgan fingerprint density at radius 1 is 1.24 bits per heavy atom. The summed E-state index contributed by atoms with van der Waals surface area (Å²) in [6, 6.07) is 7.97. The van der Waals surface area contributed by atoms with Crippen LogP contribution in [0.3, 0.4) is 0 Å². The molecule has 1 aromatic carbocycles. The molecular weight excluding hydrogens is 216 g/mol. The van der Waals surface area contributed by atoms with Crippen LogP contribution in [-0.4, -0.2) is 34.9 Å². The number of aryl methyl sites for hydroxylation is 1. The third kappa shape index (κ3) is 1.64. The summed E-state index contributed by atoms with van der Waals surface area (Å²) in [6.45, 7) is 2.36. The van der Waals surface area contributed by atoms with Crippen LogP contribution in [0.5, 0.6) is 0 Å². The van der Waals surface area contributed by atoms with Crippen molar-refractivity contribution in [2.75, 3.05) is 11.4 Å². The zero-order valence-electron chi connectivity index (χ0n) is 9.84. The van der Waals surface area contributed by atoms with Crippen LogP contribution in [-0.2, 0) is 4.79 Å². The van der Waals surface area contributed by atoms with Crippen molar-refractivity contribution in [1.29, 1.82) is 0 Å². The van der Waals surface area contributed by atoms with E-state index in [2.05, 4.69) is 0 Å². The first-order valence-corrected chi connectivity index (χ1v) is 5.99. The van der Waals surface area contributed by atoms with Crippen molar-refractivity contribution in [1.82, 2.24) is 4.90 Å². The Morgan fingerprint density at radius 2 is 1.94 bits per heavy atom. The van der Waals surface area contributed by atoms with Crippen LogP contribution in [0, 0.1) is 6.92 Å². The maximum absolute atomic E-state index is 12.0. The average Bonchev–Trinajstić information content (AvgIpc) is 2.81. The van der Waals surface area contributed by atoms with E-state index in [1.54, 1.807) is 0 Å². The number of carbonyl (C=O) groups is 1. The summed E-state index contributed by atoms with van der Waals surface area (Å²) < 4.78 is 0. The number of carbonyl (C=O) groups excluding carboxylic acids is 1. The molecule has 3 rings (SSSR count). The fraction of sp³-hybridized carbons (Fsp3) is 0.462. The van der Waals surface area contributed by atoms with E-state index in [9.17, 15) is 9.90 Å². The molecule has 2 unspecified atom stereocenters. The minimum Gasteiger partial charge on any atom is -0.378 e. The van der Waals surface area contributed by atoms with Crippen LogP contribution in [0.4, 0.5) is 5.69 Å². The fourth-order valence-corrected chi connectivity index (χ4v) is 2.74. The lowest BCUT2D eigenvalue weighted by Gasteiger charge is -2.25. The molecule has 4 heteroatoms. The van der Waals surface area contributed by atoms with Crippen molar-refractivity contribution in [3.8, 4) is 0 Å². The molecule has 4 nitrogen and oxygen atoms in total. The summed E-state index contributed by atoms with van der Waals surface area (Å²) in [5, 5.41) is 9.77. The number of benzene rings is 1. The van der Waals surface area contributed by atoms with E-state index in [4.69, 9.17) is 0 Å². The van der Waals surface area contributed by atoms with E-state index >= 15 is 0 Å². The summed E-state index contributed by atoms with van der Waals surface area (Å²) in [6.07, 6.45) is 1.18. The molecule has 2 aliphatic heterocycles. The Labute approximate surface area is 100 Å². The summed E-state index contributed by atoms with van der Waals surface area (Å²) in [7, 11) is 0. The number of nitrogens with zero attached hydrogens (tertiary/aromatic N) is 2. The first-order chi connectivity index (χ1) is 8.16. The number of aliphatic hydroxyl groups excluding tert-OH is 1. The Kier molecular flexibility index (Phi) is 2.42. The molecule has 1 amide bonds. The highest BCUT2D eigenvalue weighted by atomic mass is 16.3. The number of hydrogen-bond acceptors (Lipinski definition) is 3. The molecule has 2 fully saturated rings. The Balaban J connectivity index is 1.92. The number of fused-ring (bicyclic) bond motifs is 1. The largest absolute Gasteiger partial charge is 0.378 e. The van der Waals surface area contributed by atoms with Crippen molar-refractivity contribution in [2.24, 2.45) is 0 Å². The zero-order chi connectivity index (χ0) is 12.0. The molecule has 17 heavy (non-hydrogen) atoms. The fourth-order valence-electron chi connectivity index (χ4n) is 2.74. The maximum atomic E-state index is 12.0. The minimum atomic E-state index is -0.459. The van der Waals surface area contributed by atoms with Gasteiger partial charge in [-0.1, -0.05) is 17.7 Å². The van der Waals surface area contributed by atoms with E-state index < -0.39 is 6.23 Å². The second-order valence-electron chi connectivity index (χ2n) is 4.81. The van der Waals surface area contributed by atoms with Gasteiger partial charge in [0.05, 0.1) is 12.7 Å². The summed E-state index contributed by atoms with van der Waals surface area (Å²) in [5.74, 6) is 0.0811. The molecule has 0 aromatic heterocycles. The second-order valence-corrected chi connectivity index (χ2v) is 4.81. The molecule has 0 radical (unpaired) electrons. The summed E-state index contributed by atoms with van der Waals surface area (Å²) in [4.78, 5) is 15.7. The lowest BCUT2D eigenvalue weighted by Crippen LogP contribution is -2.37. The smallest absolute Gasteiger partial charge is 0.242 e. The van der Waals surface area contributed by atoms with E-state index in [0.717, 1.165) is 18.5 Å². The van der Waals surface area contributed by atoms with Gasteiger partial charge in [-0.25, -0.2) is 4.90 Å².